The van der Waals surface area contributed by atoms with Gasteiger partial charge in [0, 0.05) is 0 Å². The second-order valence-corrected chi connectivity index (χ2v) is 6.02. The van der Waals surface area contributed by atoms with Gasteiger partial charge in [-0.1, -0.05) is 48.5 Å². The van der Waals surface area contributed by atoms with Crippen molar-refractivity contribution in [1.82, 2.24) is 4.98 Å². The van der Waals surface area contributed by atoms with Gasteiger partial charge in [0.15, 0.2) is 0 Å². The second kappa shape index (κ2) is 5.24. The van der Waals surface area contributed by atoms with Crippen molar-refractivity contribution >= 4 is 27.4 Å². The topological polar surface area (TPSA) is 42.8 Å². The van der Waals surface area contributed by atoms with Crippen molar-refractivity contribution in [3.05, 3.63) is 72.8 Å². The lowest BCUT2D eigenvalue weighted by molar-refractivity contribution is -0.509. The predicted molar refractivity (Wildman–Crippen MR) is 91.0 cm³/mol. The molecule has 0 saturated heterocycles. The monoisotopic (exact) mass is 304 g/mol. The smallest absolute Gasteiger partial charge is 0.350 e. The Kier molecular flexibility index (Phi) is 3.09. The molecule has 4 heteroatoms. The van der Waals surface area contributed by atoms with Crippen molar-refractivity contribution in [2.75, 3.05) is 5.73 Å². The number of para-hydroxylation sites is 1. The van der Waals surface area contributed by atoms with Crippen LogP contribution in [0.4, 0.5) is 5.13 Å². The maximum Gasteiger partial charge on any atom is 0.350 e. The van der Waals surface area contributed by atoms with E-state index in [0.29, 0.717) is 5.13 Å². The van der Waals surface area contributed by atoms with Gasteiger partial charge >= 0.3 is 11.0 Å². The predicted octanol–water partition coefficient (Wildman–Crippen LogP) is 3.82. The number of nitrogens with two attached hydrogens (primary N) is 1. The fourth-order valence-electron chi connectivity index (χ4n) is 2.56. The summed E-state index contributed by atoms with van der Waals surface area (Å²) in [4.78, 5) is 4.52. The molecule has 0 atom stereocenters. The van der Waals surface area contributed by atoms with E-state index in [0.717, 1.165) is 17.1 Å². The first kappa shape index (κ1) is 13.0. The molecule has 0 radical (unpaired) electrons. The molecule has 106 valence electrons. The minimum Gasteiger partial charge on any atom is -0.351 e. The van der Waals surface area contributed by atoms with Crippen molar-refractivity contribution in [2.45, 2.75) is 0 Å². The quantitative estimate of drug-likeness (QED) is 0.572. The standard InChI is InChI=1S/C18H13N3S/c19-18-20-17(21(22-18)16-8-2-1-3-9-16)15-11-10-13-6-4-5-7-14(13)12-15/h1-12,19H/p+1. The molecule has 4 aromatic rings. The molecule has 0 bridgehead atoms. The number of anilines is 1. The van der Waals surface area contributed by atoms with E-state index in [4.69, 9.17) is 5.73 Å². The average Bonchev–Trinajstić information content (AvgIpc) is 2.97. The van der Waals surface area contributed by atoms with Crippen LogP contribution in [0.3, 0.4) is 0 Å². The van der Waals surface area contributed by atoms with Gasteiger partial charge in [-0.2, -0.15) is 0 Å². The molecule has 0 aliphatic carbocycles. The molecule has 1 heterocycles. The SMILES string of the molecule is Nc1nc(-c2ccc3ccccc3c2)[n+](-c2ccccc2)s1. The first-order chi connectivity index (χ1) is 10.8. The van der Waals surface area contributed by atoms with Crippen molar-refractivity contribution in [2.24, 2.45) is 0 Å². The molecule has 2 N–H and O–H groups in total. The number of benzene rings is 3. The van der Waals surface area contributed by atoms with Crippen LogP contribution in [0.25, 0.3) is 27.8 Å². The zero-order valence-electron chi connectivity index (χ0n) is 11.8. The highest BCUT2D eigenvalue weighted by Gasteiger charge is 2.22. The number of hydrogen-bond donors (Lipinski definition) is 1. The van der Waals surface area contributed by atoms with Crippen LogP contribution in [0.2, 0.25) is 0 Å². The van der Waals surface area contributed by atoms with E-state index in [1.807, 2.05) is 30.3 Å². The normalized spacial score (nSPS) is 10.9. The molecule has 1 aromatic heterocycles. The Labute approximate surface area is 132 Å². The lowest BCUT2D eigenvalue weighted by Gasteiger charge is -2.00. The van der Waals surface area contributed by atoms with Gasteiger partial charge in [-0.25, -0.2) is 0 Å². The summed E-state index contributed by atoms with van der Waals surface area (Å²) in [6.07, 6.45) is 0. The third kappa shape index (κ3) is 2.23. The van der Waals surface area contributed by atoms with Crippen molar-refractivity contribution in [1.29, 1.82) is 0 Å². The van der Waals surface area contributed by atoms with Crippen molar-refractivity contribution < 1.29 is 3.96 Å². The Morgan fingerprint density at radius 2 is 1.55 bits per heavy atom. The van der Waals surface area contributed by atoms with Crippen LogP contribution in [-0.4, -0.2) is 4.98 Å². The Hall–Kier alpha value is -2.72. The van der Waals surface area contributed by atoms with Crippen LogP contribution >= 0.6 is 11.5 Å². The van der Waals surface area contributed by atoms with Crippen molar-refractivity contribution in [3.8, 4) is 17.1 Å². The molecule has 0 fully saturated rings. The van der Waals surface area contributed by atoms with Gasteiger partial charge in [0.2, 0.25) is 0 Å². The van der Waals surface area contributed by atoms with E-state index in [2.05, 4.69) is 51.4 Å². The molecular formula is C18H14N3S+. The van der Waals surface area contributed by atoms with Gasteiger partial charge in [-0.05, 0) is 40.0 Å². The summed E-state index contributed by atoms with van der Waals surface area (Å²) in [6, 6.07) is 24.8. The Morgan fingerprint density at radius 1 is 0.818 bits per heavy atom. The Morgan fingerprint density at radius 3 is 2.36 bits per heavy atom. The number of nitrogens with zero attached hydrogens (tertiary/aromatic N) is 2. The number of aromatic nitrogens is 2. The van der Waals surface area contributed by atoms with Gasteiger partial charge < -0.3 is 5.73 Å². The highest BCUT2D eigenvalue weighted by Crippen LogP contribution is 2.24. The summed E-state index contributed by atoms with van der Waals surface area (Å²) in [5.74, 6) is 0.874. The molecule has 0 spiro atoms. The molecular weight excluding hydrogens is 290 g/mol. The van der Waals surface area contributed by atoms with Gasteiger partial charge in [-0.15, -0.1) is 3.96 Å². The zero-order chi connectivity index (χ0) is 14.9. The van der Waals surface area contributed by atoms with Crippen LogP contribution in [0.1, 0.15) is 0 Å². The maximum absolute atomic E-state index is 5.95. The summed E-state index contributed by atoms with van der Waals surface area (Å²) < 4.78 is 2.07. The summed E-state index contributed by atoms with van der Waals surface area (Å²) in [6.45, 7) is 0. The zero-order valence-corrected chi connectivity index (χ0v) is 12.6. The second-order valence-electron chi connectivity index (χ2n) is 5.06. The summed E-state index contributed by atoms with van der Waals surface area (Å²) in [7, 11) is 0. The lowest BCUT2D eigenvalue weighted by atomic mass is 10.1. The van der Waals surface area contributed by atoms with Crippen LogP contribution in [0, 0.1) is 0 Å². The molecule has 3 aromatic carbocycles. The fourth-order valence-corrected chi connectivity index (χ4v) is 3.33. The Bertz CT molecular complexity index is 945. The number of rotatable bonds is 2. The third-order valence-electron chi connectivity index (χ3n) is 3.59. The van der Waals surface area contributed by atoms with Gasteiger partial charge in [-0.3, -0.25) is 0 Å². The number of nitrogen functional groups attached to an aromatic ring is 1. The summed E-state index contributed by atoms with van der Waals surface area (Å²) in [5, 5.41) is 2.99. The summed E-state index contributed by atoms with van der Waals surface area (Å²) >= 11 is 1.45. The fraction of sp³-hybridized carbons (Fsp3) is 0. The van der Waals surface area contributed by atoms with E-state index >= 15 is 0 Å². The lowest BCUT2D eigenvalue weighted by Crippen LogP contribution is -2.27. The largest absolute Gasteiger partial charge is 0.351 e. The maximum atomic E-state index is 5.95. The van der Waals surface area contributed by atoms with E-state index in [1.54, 1.807) is 0 Å². The first-order valence-electron chi connectivity index (χ1n) is 7.05. The van der Waals surface area contributed by atoms with Crippen LogP contribution in [0.15, 0.2) is 72.8 Å². The molecule has 0 amide bonds. The highest BCUT2D eigenvalue weighted by molar-refractivity contribution is 7.05. The first-order valence-corrected chi connectivity index (χ1v) is 7.82. The van der Waals surface area contributed by atoms with Crippen molar-refractivity contribution in [3.63, 3.8) is 0 Å². The molecule has 3 nitrogen and oxygen atoms in total. The Balaban J connectivity index is 1.91. The van der Waals surface area contributed by atoms with E-state index < -0.39 is 0 Å². The molecule has 0 saturated carbocycles. The van der Waals surface area contributed by atoms with Crippen LogP contribution in [0.5, 0.6) is 0 Å². The number of fused-ring (bicyclic) bond motifs is 1. The van der Waals surface area contributed by atoms with Gasteiger partial charge in [0.05, 0.1) is 5.56 Å². The third-order valence-corrected chi connectivity index (χ3v) is 4.44. The molecule has 0 unspecified atom stereocenters. The molecule has 0 aliphatic rings. The van der Waals surface area contributed by atoms with Gasteiger partial charge in [0.25, 0.3) is 0 Å². The highest BCUT2D eigenvalue weighted by atomic mass is 32.1. The van der Waals surface area contributed by atoms with Gasteiger partial charge in [0.1, 0.15) is 17.2 Å². The molecule has 22 heavy (non-hydrogen) atoms. The minimum absolute atomic E-state index is 0.562. The summed E-state index contributed by atoms with van der Waals surface area (Å²) in [5.41, 5.74) is 8.09. The molecule has 0 aliphatic heterocycles. The molecule has 4 rings (SSSR count). The average molecular weight is 304 g/mol. The minimum atomic E-state index is 0.562. The van der Waals surface area contributed by atoms with E-state index in [9.17, 15) is 0 Å². The van der Waals surface area contributed by atoms with E-state index in [-0.39, 0.29) is 0 Å². The van der Waals surface area contributed by atoms with Crippen LogP contribution in [-0.2, 0) is 0 Å². The van der Waals surface area contributed by atoms with E-state index in [1.165, 1.54) is 22.3 Å². The number of hydrogen-bond acceptors (Lipinski definition) is 3. The van der Waals surface area contributed by atoms with Crippen LogP contribution < -0.4 is 9.69 Å².